The monoisotopic (exact) mass is 306 g/mol. The van der Waals surface area contributed by atoms with Gasteiger partial charge in [-0.15, -0.1) is 11.6 Å². The van der Waals surface area contributed by atoms with Crippen molar-refractivity contribution in [2.24, 2.45) is 5.92 Å². The van der Waals surface area contributed by atoms with E-state index in [4.69, 9.17) is 16.3 Å². The predicted octanol–water partition coefficient (Wildman–Crippen LogP) is 3.50. The zero-order valence-electron chi connectivity index (χ0n) is 12.3. The van der Waals surface area contributed by atoms with E-state index < -0.39 is 0 Å². The van der Waals surface area contributed by atoms with E-state index in [0.29, 0.717) is 24.3 Å². The van der Waals surface area contributed by atoms with E-state index in [1.54, 1.807) is 6.07 Å². The van der Waals surface area contributed by atoms with Gasteiger partial charge in [-0.1, -0.05) is 25.1 Å². The first-order chi connectivity index (χ1) is 9.97. The normalized spacial score (nSPS) is 21.4. The van der Waals surface area contributed by atoms with Crippen LogP contribution in [-0.2, 0) is 16.0 Å². The highest BCUT2D eigenvalue weighted by Gasteiger charge is 2.30. The molecule has 0 fully saturated rings. The number of halogens is 1. The van der Waals surface area contributed by atoms with Crippen molar-refractivity contribution < 1.29 is 14.3 Å². The Kier molecular flexibility index (Phi) is 4.84. The summed E-state index contributed by atoms with van der Waals surface area (Å²) in [7, 11) is 1.36. The second-order valence-electron chi connectivity index (χ2n) is 5.51. The minimum absolute atomic E-state index is 0.0177. The number of alkyl halides is 1. The summed E-state index contributed by atoms with van der Waals surface area (Å²) in [6, 6.07) is 5.39. The second kappa shape index (κ2) is 6.44. The van der Waals surface area contributed by atoms with Gasteiger partial charge >= 0.3 is 5.97 Å². The molecule has 2 unspecified atom stereocenters. The maximum atomic E-state index is 12.1. The van der Waals surface area contributed by atoms with Gasteiger partial charge in [-0.3, -0.25) is 4.79 Å². The summed E-state index contributed by atoms with van der Waals surface area (Å²) in [6.45, 7) is 6.05. The summed E-state index contributed by atoms with van der Waals surface area (Å²) in [5.74, 6) is 0.274. The van der Waals surface area contributed by atoms with Crippen LogP contribution >= 0.6 is 11.6 Å². The molecule has 3 nitrogen and oxygen atoms in total. The Bertz CT molecular complexity index is 592. The van der Waals surface area contributed by atoms with Crippen LogP contribution in [0, 0.1) is 5.92 Å². The van der Waals surface area contributed by atoms with Gasteiger partial charge in [0.1, 0.15) is 5.78 Å². The third kappa shape index (κ3) is 3.18. The van der Waals surface area contributed by atoms with Crippen LogP contribution in [0.25, 0.3) is 0 Å². The number of ketones is 1. The number of carbonyl (C=O) groups is 2. The maximum Gasteiger partial charge on any atom is 0.337 e. The number of esters is 1. The molecule has 0 spiro atoms. The topological polar surface area (TPSA) is 43.4 Å². The first kappa shape index (κ1) is 15.8. The van der Waals surface area contributed by atoms with Crippen LogP contribution in [0.2, 0.25) is 0 Å². The van der Waals surface area contributed by atoms with Crippen molar-refractivity contribution in [3.8, 4) is 0 Å². The van der Waals surface area contributed by atoms with Crippen molar-refractivity contribution in [2.75, 3.05) is 13.0 Å². The molecule has 0 aromatic heterocycles. The summed E-state index contributed by atoms with van der Waals surface area (Å²) in [5, 5.41) is 0. The quantitative estimate of drug-likeness (QED) is 0.371. The number of carbonyl (C=O) groups excluding carboxylic acids is 2. The fourth-order valence-corrected chi connectivity index (χ4v) is 3.14. The molecular formula is C17H19ClO3. The predicted molar refractivity (Wildman–Crippen MR) is 82.9 cm³/mol. The molecule has 0 amide bonds. The fraction of sp³-hybridized carbons (Fsp3) is 0.412. The lowest BCUT2D eigenvalue weighted by molar-refractivity contribution is -0.119. The molecule has 0 N–H and O–H groups in total. The highest BCUT2D eigenvalue weighted by Crippen LogP contribution is 2.38. The zero-order chi connectivity index (χ0) is 15.6. The van der Waals surface area contributed by atoms with Crippen molar-refractivity contribution in [2.45, 2.75) is 25.7 Å². The van der Waals surface area contributed by atoms with E-state index in [9.17, 15) is 9.59 Å². The van der Waals surface area contributed by atoms with Crippen molar-refractivity contribution in [3.63, 3.8) is 0 Å². The Morgan fingerprint density at radius 1 is 1.48 bits per heavy atom. The van der Waals surface area contributed by atoms with Crippen molar-refractivity contribution in [3.05, 3.63) is 47.0 Å². The van der Waals surface area contributed by atoms with Crippen LogP contribution in [0.15, 0.2) is 30.4 Å². The fourth-order valence-electron chi connectivity index (χ4n) is 2.95. The molecule has 0 bridgehead atoms. The minimum Gasteiger partial charge on any atom is -0.465 e. The molecular weight excluding hydrogens is 288 g/mol. The zero-order valence-corrected chi connectivity index (χ0v) is 13.1. The molecule has 0 radical (unpaired) electrons. The third-order valence-corrected chi connectivity index (χ3v) is 4.54. The van der Waals surface area contributed by atoms with Gasteiger partial charge < -0.3 is 4.74 Å². The van der Waals surface area contributed by atoms with Gasteiger partial charge in [0.25, 0.3) is 0 Å². The molecule has 0 saturated carbocycles. The van der Waals surface area contributed by atoms with E-state index in [-0.39, 0.29) is 23.6 Å². The lowest BCUT2D eigenvalue weighted by Crippen LogP contribution is -2.15. The Hall–Kier alpha value is -1.61. The van der Waals surface area contributed by atoms with Crippen molar-refractivity contribution >= 4 is 23.4 Å². The Morgan fingerprint density at radius 3 is 2.81 bits per heavy atom. The highest BCUT2D eigenvalue weighted by atomic mass is 35.5. The van der Waals surface area contributed by atoms with Gasteiger partial charge in [-0.2, -0.15) is 0 Å². The number of benzene rings is 1. The van der Waals surface area contributed by atoms with Gasteiger partial charge in [0, 0.05) is 18.7 Å². The van der Waals surface area contributed by atoms with Gasteiger partial charge in [-0.25, -0.2) is 4.79 Å². The molecule has 112 valence electrons. The maximum absolute atomic E-state index is 12.1. The van der Waals surface area contributed by atoms with Crippen LogP contribution in [-0.4, -0.2) is 24.7 Å². The Labute approximate surface area is 129 Å². The number of rotatable bonds is 3. The van der Waals surface area contributed by atoms with Gasteiger partial charge in [0.2, 0.25) is 0 Å². The summed E-state index contributed by atoms with van der Waals surface area (Å²) in [5.41, 5.74) is 3.37. The van der Waals surface area contributed by atoms with Crippen LogP contribution < -0.4 is 0 Å². The van der Waals surface area contributed by atoms with E-state index in [0.717, 1.165) is 16.7 Å². The Morgan fingerprint density at radius 2 is 2.19 bits per heavy atom. The number of hydrogen-bond donors (Lipinski definition) is 0. The molecule has 0 heterocycles. The van der Waals surface area contributed by atoms with Crippen molar-refractivity contribution in [1.29, 1.82) is 0 Å². The summed E-state index contributed by atoms with van der Waals surface area (Å²) in [4.78, 5) is 23.8. The van der Waals surface area contributed by atoms with Crippen LogP contribution in [0.5, 0.6) is 0 Å². The minimum atomic E-state index is -0.367. The second-order valence-corrected chi connectivity index (χ2v) is 5.78. The Balaban J connectivity index is 2.48. The lowest BCUT2D eigenvalue weighted by Gasteiger charge is -2.24. The average Bonchev–Trinajstić information content (AvgIpc) is 2.62. The van der Waals surface area contributed by atoms with Gasteiger partial charge in [0.15, 0.2) is 0 Å². The van der Waals surface area contributed by atoms with Gasteiger partial charge in [-0.05, 0) is 35.1 Å². The van der Waals surface area contributed by atoms with Gasteiger partial charge in [0.05, 0.1) is 12.7 Å². The first-order valence-electron chi connectivity index (χ1n) is 6.94. The molecule has 1 aliphatic carbocycles. The van der Waals surface area contributed by atoms with Crippen LogP contribution in [0.3, 0.4) is 0 Å². The van der Waals surface area contributed by atoms with Crippen molar-refractivity contribution in [1.82, 2.24) is 0 Å². The number of Topliss-reactive ketones (excluding diaryl/α,β-unsaturated/α-hetero) is 1. The van der Waals surface area contributed by atoms with E-state index in [1.165, 1.54) is 7.11 Å². The number of allylic oxidation sites excluding steroid dienone is 1. The summed E-state index contributed by atoms with van der Waals surface area (Å²) >= 11 is 5.90. The standard InChI is InChI=1S/C17H19ClO3/c1-10(9-18)15-8-14(19)6-12-4-5-13(17(20)21-3)7-16(12)11(15)2/h4-5,7,11,15H,1,6,8-9H2,2-3H3. The number of fused-ring (bicyclic) bond motifs is 1. The number of hydrogen-bond acceptors (Lipinski definition) is 3. The number of ether oxygens (including phenoxy) is 1. The molecule has 0 saturated heterocycles. The summed E-state index contributed by atoms with van der Waals surface area (Å²) < 4.78 is 4.77. The first-order valence-corrected chi connectivity index (χ1v) is 7.47. The summed E-state index contributed by atoms with van der Waals surface area (Å²) in [6.07, 6.45) is 0.849. The smallest absolute Gasteiger partial charge is 0.337 e. The van der Waals surface area contributed by atoms with Crippen LogP contribution in [0.1, 0.15) is 40.7 Å². The lowest BCUT2D eigenvalue weighted by atomic mass is 9.81. The molecule has 4 heteroatoms. The highest BCUT2D eigenvalue weighted by molar-refractivity contribution is 6.19. The molecule has 1 aromatic carbocycles. The molecule has 1 aliphatic rings. The van der Waals surface area contributed by atoms with E-state index >= 15 is 0 Å². The molecule has 0 aliphatic heterocycles. The SMILES string of the molecule is C=C(CCl)C1CC(=O)Cc2ccc(C(=O)OC)cc2C1C. The molecule has 2 atom stereocenters. The average molecular weight is 307 g/mol. The van der Waals surface area contributed by atoms with E-state index in [1.807, 2.05) is 12.1 Å². The third-order valence-electron chi connectivity index (χ3n) is 4.19. The molecule has 1 aromatic rings. The van der Waals surface area contributed by atoms with E-state index in [2.05, 4.69) is 13.5 Å². The van der Waals surface area contributed by atoms with Crippen LogP contribution in [0.4, 0.5) is 0 Å². The number of methoxy groups -OCH3 is 1. The largest absolute Gasteiger partial charge is 0.465 e. The molecule has 2 rings (SSSR count). The molecule has 21 heavy (non-hydrogen) atoms.